The maximum Gasteiger partial charge on any atom is 0.274 e. The van der Waals surface area contributed by atoms with Crippen LogP contribution < -0.4 is 0 Å². The number of nitrogens with zero attached hydrogens (tertiary/aromatic N) is 3. The largest absolute Gasteiger partial charge is 0.336 e. The Hall–Kier alpha value is -1.40. The number of hydrogen-bond donors (Lipinski definition) is 0. The van der Waals surface area contributed by atoms with Gasteiger partial charge in [-0.15, -0.1) is 11.3 Å². The van der Waals surface area contributed by atoms with E-state index in [9.17, 15) is 4.79 Å². The molecule has 0 saturated carbocycles. The van der Waals surface area contributed by atoms with Gasteiger partial charge < -0.3 is 4.90 Å². The Morgan fingerprint density at radius 3 is 2.95 bits per heavy atom. The van der Waals surface area contributed by atoms with Gasteiger partial charge in [0, 0.05) is 35.2 Å². The van der Waals surface area contributed by atoms with Gasteiger partial charge >= 0.3 is 0 Å². The third-order valence-corrected chi connectivity index (χ3v) is 5.93. The van der Waals surface area contributed by atoms with Crippen LogP contribution in [0.25, 0.3) is 0 Å². The minimum Gasteiger partial charge on any atom is -0.336 e. The van der Waals surface area contributed by atoms with Gasteiger partial charge in [-0.05, 0) is 24.8 Å². The molecule has 6 heteroatoms. The van der Waals surface area contributed by atoms with Crippen molar-refractivity contribution in [3.63, 3.8) is 0 Å². The van der Waals surface area contributed by atoms with Gasteiger partial charge in [0.05, 0.1) is 11.9 Å². The van der Waals surface area contributed by atoms with Crippen LogP contribution in [-0.2, 0) is 0 Å². The highest BCUT2D eigenvalue weighted by atomic mass is 32.2. The molecular formula is C15H17N3OS2. The Kier molecular flexibility index (Phi) is 4.55. The third kappa shape index (κ3) is 3.44. The lowest BCUT2D eigenvalue weighted by Crippen LogP contribution is -2.33. The second kappa shape index (κ2) is 6.58. The standard InChI is InChI=1S/C15H17N3OS2/c1-11-9-17-12(10-16-11)15(19)18-5-4-14(21-8-6-18)13-3-2-7-20-13/h2-3,7,9-10,14H,4-6,8H2,1H3/t14-/m0/s1. The molecule has 0 radical (unpaired) electrons. The van der Waals surface area contributed by atoms with Crippen molar-refractivity contribution in [3.05, 3.63) is 46.2 Å². The van der Waals surface area contributed by atoms with E-state index in [2.05, 4.69) is 27.5 Å². The highest BCUT2D eigenvalue weighted by Crippen LogP contribution is 2.36. The fourth-order valence-corrected chi connectivity index (χ4v) is 4.58. The molecule has 3 rings (SSSR count). The van der Waals surface area contributed by atoms with Gasteiger partial charge in [0.15, 0.2) is 0 Å². The number of carbonyl (C=O) groups excluding carboxylic acids is 1. The summed E-state index contributed by atoms with van der Waals surface area (Å²) < 4.78 is 0. The predicted octanol–water partition coefficient (Wildman–Crippen LogP) is 3.17. The first-order valence-electron chi connectivity index (χ1n) is 6.97. The maximum atomic E-state index is 12.5. The van der Waals surface area contributed by atoms with Crippen LogP contribution in [0.4, 0.5) is 0 Å². The molecule has 1 aliphatic heterocycles. The van der Waals surface area contributed by atoms with Crippen molar-refractivity contribution in [3.8, 4) is 0 Å². The van der Waals surface area contributed by atoms with E-state index in [-0.39, 0.29) is 5.91 Å². The van der Waals surface area contributed by atoms with Crippen LogP contribution in [0.2, 0.25) is 0 Å². The van der Waals surface area contributed by atoms with Crippen molar-refractivity contribution in [2.24, 2.45) is 0 Å². The zero-order chi connectivity index (χ0) is 14.7. The molecule has 4 nitrogen and oxygen atoms in total. The lowest BCUT2D eigenvalue weighted by Gasteiger charge is -2.19. The molecule has 0 aliphatic carbocycles. The summed E-state index contributed by atoms with van der Waals surface area (Å²) in [5, 5.41) is 2.62. The molecule has 0 spiro atoms. The highest BCUT2D eigenvalue weighted by Gasteiger charge is 2.24. The molecule has 3 heterocycles. The van der Waals surface area contributed by atoms with E-state index in [1.165, 1.54) is 4.88 Å². The second-order valence-electron chi connectivity index (χ2n) is 5.00. The van der Waals surface area contributed by atoms with Crippen molar-refractivity contribution in [1.29, 1.82) is 0 Å². The minimum absolute atomic E-state index is 0.00469. The summed E-state index contributed by atoms with van der Waals surface area (Å²) in [6.45, 7) is 3.43. The number of amides is 1. The van der Waals surface area contributed by atoms with Crippen LogP contribution in [0.15, 0.2) is 29.9 Å². The molecule has 0 unspecified atom stereocenters. The molecule has 21 heavy (non-hydrogen) atoms. The molecule has 0 bridgehead atoms. The van der Waals surface area contributed by atoms with Crippen molar-refractivity contribution >= 4 is 29.0 Å². The number of hydrogen-bond acceptors (Lipinski definition) is 5. The number of rotatable bonds is 2. The number of thiophene rings is 1. The lowest BCUT2D eigenvalue weighted by atomic mass is 10.2. The van der Waals surface area contributed by atoms with E-state index in [1.54, 1.807) is 23.7 Å². The SMILES string of the molecule is Cc1cnc(C(=O)N2CCS[C@H](c3cccs3)CC2)cn1. The zero-order valence-electron chi connectivity index (χ0n) is 11.9. The number of carbonyl (C=O) groups is 1. The summed E-state index contributed by atoms with van der Waals surface area (Å²) in [7, 11) is 0. The van der Waals surface area contributed by atoms with Gasteiger partial charge in [-0.3, -0.25) is 9.78 Å². The quantitative estimate of drug-likeness (QED) is 0.853. The predicted molar refractivity (Wildman–Crippen MR) is 86.8 cm³/mol. The van der Waals surface area contributed by atoms with E-state index >= 15 is 0 Å². The van der Waals surface area contributed by atoms with Crippen LogP contribution in [0.1, 0.15) is 32.7 Å². The molecule has 1 atom stereocenters. The van der Waals surface area contributed by atoms with Crippen LogP contribution in [0.3, 0.4) is 0 Å². The molecule has 2 aromatic heterocycles. The molecule has 1 aliphatic rings. The summed E-state index contributed by atoms with van der Waals surface area (Å²) in [6.07, 6.45) is 4.22. The van der Waals surface area contributed by atoms with Crippen molar-refractivity contribution in [1.82, 2.24) is 14.9 Å². The first-order valence-corrected chi connectivity index (χ1v) is 8.90. The monoisotopic (exact) mass is 319 g/mol. The van der Waals surface area contributed by atoms with Gasteiger partial charge in [0.25, 0.3) is 5.91 Å². The first-order chi connectivity index (χ1) is 10.2. The summed E-state index contributed by atoms with van der Waals surface area (Å²) in [5.74, 6) is 0.961. The molecule has 1 fully saturated rings. The number of aromatic nitrogens is 2. The Bertz CT molecular complexity index is 598. The molecule has 0 aromatic carbocycles. The zero-order valence-corrected chi connectivity index (χ0v) is 13.5. The second-order valence-corrected chi connectivity index (χ2v) is 7.29. The average Bonchev–Trinajstić information content (AvgIpc) is 2.92. The van der Waals surface area contributed by atoms with E-state index in [4.69, 9.17) is 0 Å². The van der Waals surface area contributed by atoms with Gasteiger partial charge in [-0.2, -0.15) is 11.8 Å². The van der Waals surface area contributed by atoms with E-state index in [0.717, 1.165) is 31.0 Å². The topological polar surface area (TPSA) is 46.1 Å². The summed E-state index contributed by atoms with van der Waals surface area (Å²) in [5.41, 5.74) is 1.27. The van der Waals surface area contributed by atoms with Crippen molar-refractivity contribution in [2.45, 2.75) is 18.6 Å². The van der Waals surface area contributed by atoms with Crippen molar-refractivity contribution in [2.75, 3.05) is 18.8 Å². The van der Waals surface area contributed by atoms with Crippen LogP contribution >= 0.6 is 23.1 Å². The third-order valence-electron chi connectivity index (χ3n) is 3.49. The maximum absolute atomic E-state index is 12.5. The van der Waals surface area contributed by atoms with Gasteiger partial charge in [-0.1, -0.05) is 6.07 Å². The van der Waals surface area contributed by atoms with Gasteiger partial charge in [-0.25, -0.2) is 4.98 Å². The van der Waals surface area contributed by atoms with Crippen molar-refractivity contribution < 1.29 is 4.79 Å². The minimum atomic E-state index is -0.00469. The fourth-order valence-electron chi connectivity index (χ4n) is 2.34. The number of aryl methyl sites for hydroxylation is 1. The molecule has 1 saturated heterocycles. The molecule has 110 valence electrons. The molecular weight excluding hydrogens is 302 g/mol. The average molecular weight is 319 g/mol. The Morgan fingerprint density at radius 2 is 2.24 bits per heavy atom. The number of thioether (sulfide) groups is 1. The summed E-state index contributed by atoms with van der Waals surface area (Å²) in [6, 6.07) is 4.28. The first kappa shape index (κ1) is 14.5. The molecule has 2 aromatic rings. The smallest absolute Gasteiger partial charge is 0.274 e. The van der Waals surface area contributed by atoms with E-state index < -0.39 is 0 Å². The highest BCUT2D eigenvalue weighted by molar-refractivity contribution is 7.99. The lowest BCUT2D eigenvalue weighted by molar-refractivity contribution is 0.0760. The van der Waals surface area contributed by atoms with Crippen LogP contribution in [0, 0.1) is 6.92 Å². The van der Waals surface area contributed by atoms with Crippen LogP contribution in [-0.4, -0.2) is 39.6 Å². The Morgan fingerprint density at radius 1 is 1.33 bits per heavy atom. The van der Waals surface area contributed by atoms with Gasteiger partial charge in [0.2, 0.25) is 0 Å². The van der Waals surface area contributed by atoms with E-state index in [1.807, 2.05) is 23.6 Å². The van der Waals surface area contributed by atoms with Gasteiger partial charge in [0.1, 0.15) is 5.69 Å². The Balaban J connectivity index is 1.67. The van der Waals surface area contributed by atoms with E-state index in [0.29, 0.717) is 10.9 Å². The molecule has 0 N–H and O–H groups in total. The Labute approximate surface area is 132 Å². The summed E-state index contributed by atoms with van der Waals surface area (Å²) in [4.78, 5) is 24.1. The normalized spacial score (nSPS) is 19.3. The summed E-state index contributed by atoms with van der Waals surface area (Å²) >= 11 is 3.74. The van der Waals surface area contributed by atoms with Crippen LogP contribution in [0.5, 0.6) is 0 Å². The molecule has 1 amide bonds. The fraction of sp³-hybridized carbons (Fsp3) is 0.400.